The summed E-state index contributed by atoms with van der Waals surface area (Å²) >= 11 is 0. The molecule has 3 heterocycles. The van der Waals surface area contributed by atoms with E-state index < -0.39 is 0 Å². The van der Waals surface area contributed by atoms with Gasteiger partial charge in [-0.1, -0.05) is 6.42 Å². The second kappa shape index (κ2) is 6.74. The van der Waals surface area contributed by atoms with Gasteiger partial charge in [0.2, 0.25) is 0 Å². The molecule has 4 nitrogen and oxygen atoms in total. The maximum absolute atomic E-state index is 3.45. The minimum atomic E-state index is 0.578. The summed E-state index contributed by atoms with van der Waals surface area (Å²) in [7, 11) is 2.13. The Morgan fingerprint density at radius 1 is 1.10 bits per heavy atom. The van der Waals surface area contributed by atoms with Crippen molar-refractivity contribution in [3.05, 3.63) is 24.0 Å². The Morgan fingerprint density at radius 3 is 2.50 bits per heavy atom. The zero-order chi connectivity index (χ0) is 13.8. The number of piperidine rings is 1. The summed E-state index contributed by atoms with van der Waals surface area (Å²) in [6.07, 6.45) is 8.63. The molecule has 0 aliphatic carbocycles. The van der Waals surface area contributed by atoms with Crippen LogP contribution in [-0.4, -0.2) is 60.2 Å². The topological polar surface area (TPSA) is 23.4 Å². The van der Waals surface area contributed by atoms with Gasteiger partial charge in [-0.3, -0.25) is 9.80 Å². The number of piperazine rings is 1. The van der Waals surface area contributed by atoms with Gasteiger partial charge >= 0.3 is 0 Å². The van der Waals surface area contributed by atoms with Gasteiger partial charge in [0, 0.05) is 58.2 Å². The molecule has 1 aromatic heterocycles. The summed E-state index contributed by atoms with van der Waals surface area (Å²) < 4.78 is 2.18. The van der Waals surface area contributed by atoms with E-state index in [-0.39, 0.29) is 0 Å². The molecule has 3 rings (SSSR count). The van der Waals surface area contributed by atoms with Gasteiger partial charge < -0.3 is 9.88 Å². The van der Waals surface area contributed by atoms with E-state index in [2.05, 4.69) is 45.2 Å². The standard InChI is InChI=1S/C16H28N4/c1-18-10-5-15(13-18)16(20-8-3-2-4-9-20)14-19-11-6-17-7-12-19/h5,10,13,16-17H,2-4,6-9,11-12,14H2,1H3. The van der Waals surface area contributed by atoms with Crippen molar-refractivity contribution < 1.29 is 0 Å². The Morgan fingerprint density at radius 2 is 1.85 bits per heavy atom. The number of nitrogens with zero attached hydrogens (tertiary/aromatic N) is 3. The van der Waals surface area contributed by atoms with Gasteiger partial charge in [0.1, 0.15) is 0 Å². The van der Waals surface area contributed by atoms with Crippen molar-refractivity contribution in [2.75, 3.05) is 45.8 Å². The van der Waals surface area contributed by atoms with Crippen LogP contribution in [-0.2, 0) is 7.05 Å². The van der Waals surface area contributed by atoms with Crippen molar-refractivity contribution in [1.29, 1.82) is 0 Å². The molecule has 0 amide bonds. The Balaban J connectivity index is 1.71. The second-order valence-electron chi connectivity index (χ2n) is 6.27. The zero-order valence-electron chi connectivity index (χ0n) is 12.7. The van der Waals surface area contributed by atoms with E-state index in [4.69, 9.17) is 0 Å². The van der Waals surface area contributed by atoms with Crippen molar-refractivity contribution >= 4 is 0 Å². The van der Waals surface area contributed by atoms with Crippen LogP contribution in [0.5, 0.6) is 0 Å². The van der Waals surface area contributed by atoms with Gasteiger partial charge in [-0.05, 0) is 37.6 Å². The highest BCUT2D eigenvalue weighted by Gasteiger charge is 2.25. The minimum absolute atomic E-state index is 0.578. The molecule has 0 bridgehead atoms. The van der Waals surface area contributed by atoms with Crippen LogP contribution < -0.4 is 5.32 Å². The van der Waals surface area contributed by atoms with E-state index in [0.717, 1.165) is 13.1 Å². The van der Waals surface area contributed by atoms with Gasteiger partial charge in [0.15, 0.2) is 0 Å². The predicted octanol–water partition coefficient (Wildman–Crippen LogP) is 1.46. The summed E-state index contributed by atoms with van der Waals surface area (Å²) in [6.45, 7) is 8.39. The third kappa shape index (κ3) is 3.43. The molecule has 1 N–H and O–H groups in total. The van der Waals surface area contributed by atoms with Gasteiger partial charge in [-0.2, -0.15) is 0 Å². The summed E-state index contributed by atoms with van der Waals surface area (Å²) in [4.78, 5) is 5.34. The Bertz CT molecular complexity index is 402. The maximum atomic E-state index is 3.45. The predicted molar refractivity (Wildman–Crippen MR) is 82.9 cm³/mol. The van der Waals surface area contributed by atoms with E-state index in [1.165, 1.54) is 57.5 Å². The van der Waals surface area contributed by atoms with E-state index in [0.29, 0.717) is 6.04 Å². The van der Waals surface area contributed by atoms with Crippen molar-refractivity contribution in [3.63, 3.8) is 0 Å². The molecule has 1 atom stereocenters. The lowest BCUT2D eigenvalue weighted by molar-refractivity contribution is 0.111. The normalized spacial score (nSPS) is 23.9. The van der Waals surface area contributed by atoms with Crippen molar-refractivity contribution in [2.45, 2.75) is 25.3 Å². The number of aromatic nitrogens is 1. The average molecular weight is 276 g/mol. The Kier molecular flexibility index (Phi) is 4.76. The fourth-order valence-corrected chi connectivity index (χ4v) is 3.52. The van der Waals surface area contributed by atoms with Crippen LogP contribution >= 0.6 is 0 Å². The van der Waals surface area contributed by atoms with Crippen molar-refractivity contribution in [3.8, 4) is 0 Å². The largest absolute Gasteiger partial charge is 0.357 e. The van der Waals surface area contributed by atoms with Crippen LogP contribution in [0.2, 0.25) is 0 Å². The number of nitrogens with one attached hydrogen (secondary N) is 1. The van der Waals surface area contributed by atoms with Crippen LogP contribution in [0.25, 0.3) is 0 Å². The molecular weight excluding hydrogens is 248 g/mol. The molecule has 2 fully saturated rings. The van der Waals surface area contributed by atoms with Crippen molar-refractivity contribution in [2.24, 2.45) is 7.05 Å². The second-order valence-corrected chi connectivity index (χ2v) is 6.27. The monoisotopic (exact) mass is 276 g/mol. The number of aryl methyl sites for hydroxylation is 1. The summed E-state index contributed by atoms with van der Waals surface area (Å²) in [5.41, 5.74) is 1.49. The fourth-order valence-electron chi connectivity index (χ4n) is 3.52. The molecule has 2 aliphatic rings. The van der Waals surface area contributed by atoms with E-state index in [1.807, 2.05) is 0 Å². The van der Waals surface area contributed by atoms with Crippen LogP contribution in [0.15, 0.2) is 18.5 Å². The Hall–Kier alpha value is -0.840. The van der Waals surface area contributed by atoms with Crippen molar-refractivity contribution in [1.82, 2.24) is 19.7 Å². The number of hydrogen-bond acceptors (Lipinski definition) is 3. The molecule has 4 heteroatoms. The number of likely N-dealkylation sites (tertiary alicyclic amines) is 1. The fraction of sp³-hybridized carbons (Fsp3) is 0.750. The molecule has 1 aromatic rings. The first kappa shape index (κ1) is 14.1. The zero-order valence-corrected chi connectivity index (χ0v) is 12.7. The molecule has 112 valence electrons. The summed E-state index contributed by atoms with van der Waals surface area (Å²) in [6, 6.07) is 2.89. The highest BCUT2D eigenvalue weighted by Crippen LogP contribution is 2.26. The smallest absolute Gasteiger partial charge is 0.0490 e. The molecule has 0 spiro atoms. The van der Waals surface area contributed by atoms with Gasteiger partial charge in [0.05, 0.1) is 0 Å². The van der Waals surface area contributed by atoms with E-state index >= 15 is 0 Å². The SMILES string of the molecule is Cn1ccc(C(CN2CCNCC2)N2CCCCC2)c1. The first-order chi connectivity index (χ1) is 9.83. The van der Waals surface area contributed by atoms with Gasteiger partial charge in [-0.15, -0.1) is 0 Å². The van der Waals surface area contributed by atoms with Crippen LogP contribution in [0.4, 0.5) is 0 Å². The third-order valence-corrected chi connectivity index (χ3v) is 4.71. The molecule has 0 radical (unpaired) electrons. The van der Waals surface area contributed by atoms with E-state index in [1.54, 1.807) is 0 Å². The molecule has 2 aliphatic heterocycles. The maximum Gasteiger partial charge on any atom is 0.0490 e. The van der Waals surface area contributed by atoms with Crippen LogP contribution in [0.3, 0.4) is 0 Å². The average Bonchev–Trinajstić information content (AvgIpc) is 2.93. The molecule has 0 saturated carbocycles. The lowest BCUT2D eigenvalue weighted by Crippen LogP contribution is -2.48. The lowest BCUT2D eigenvalue weighted by Gasteiger charge is -2.38. The first-order valence-corrected chi connectivity index (χ1v) is 8.12. The molecule has 2 saturated heterocycles. The van der Waals surface area contributed by atoms with E-state index in [9.17, 15) is 0 Å². The first-order valence-electron chi connectivity index (χ1n) is 8.12. The molecule has 20 heavy (non-hydrogen) atoms. The highest BCUT2D eigenvalue weighted by molar-refractivity contribution is 5.16. The van der Waals surface area contributed by atoms with Crippen LogP contribution in [0.1, 0.15) is 30.9 Å². The van der Waals surface area contributed by atoms with Gasteiger partial charge in [0.25, 0.3) is 0 Å². The molecular formula is C16H28N4. The minimum Gasteiger partial charge on any atom is -0.357 e. The van der Waals surface area contributed by atoms with Gasteiger partial charge in [-0.25, -0.2) is 0 Å². The summed E-state index contributed by atoms with van der Waals surface area (Å²) in [5.74, 6) is 0. The number of rotatable bonds is 4. The Labute approximate surface area is 122 Å². The lowest BCUT2D eigenvalue weighted by atomic mass is 10.0. The third-order valence-electron chi connectivity index (χ3n) is 4.71. The summed E-state index contributed by atoms with van der Waals surface area (Å²) in [5, 5.41) is 3.45. The number of hydrogen-bond donors (Lipinski definition) is 1. The quantitative estimate of drug-likeness (QED) is 0.900. The molecule has 0 aromatic carbocycles. The van der Waals surface area contributed by atoms with Crippen LogP contribution in [0, 0.1) is 0 Å². The molecule has 1 unspecified atom stereocenters. The highest BCUT2D eigenvalue weighted by atomic mass is 15.2.